The molecule has 1 aromatic rings. The lowest BCUT2D eigenvalue weighted by Gasteiger charge is -2.37. The van der Waals surface area contributed by atoms with Crippen LogP contribution in [0, 0.1) is 0 Å². The maximum atomic E-state index is 11.9. The zero-order valence-electron chi connectivity index (χ0n) is 10.8. The molecule has 1 aromatic carbocycles. The van der Waals surface area contributed by atoms with E-state index in [9.17, 15) is 4.79 Å². The van der Waals surface area contributed by atoms with Crippen LogP contribution in [-0.2, 0) is 9.53 Å². The Labute approximate surface area is 117 Å². The Hall–Kier alpha value is -1.66. The lowest BCUT2D eigenvalue weighted by molar-refractivity contribution is -0.124. The van der Waals surface area contributed by atoms with E-state index in [0.717, 1.165) is 11.3 Å². The number of nitrogens with zero attached hydrogens (tertiary/aromatic N) is 1. The summed E-state index contributed by atoms with van der Waals surface area (Å²) in [5.74, 6) is -0.0718. The van der Waals surface area contributed by atoms with Gasteiger partial charge in [-0.3, -0.25) is 4.79 Å². The van der Waals surface area contributed by atoms with Crippen LogP contribution in [0.15, 0.2) is 24.3 Å². The van der Waals surface area contributed by atoms with Crippen molar-refractivity contribution in [3.05, 3.63) is 29.8 Å². The van der Waals surface area contributed by atoms with E-state index in [1.165, 1.54) is 0 Å². The van der Waals surface area contributed by atoms with E-state index in [2.05, 4.69) is 5.32 Å². The van der Waals surface area contributed by atoms with Gasteiger partial charge in [0, 0.05) is 24.8 Å². The maximum absolute atomic E-state index is 11.9. The summed E-state index contributed by atoms with van der Waals surface area (Å²) in [4.78, 5) is 14.3. The van der Waals surface area contributed by atoms with Crippen molar-refractivity contribution in [1.29, 1.82) is 0 Å². The number of anilines is 1. The molecule has 1 heterocycles. The minimum absolute atomic E-state index is 0.0718. The highest BCUT2D eigenvalue weighted by Crippen LogP contribution is 2.24. The summed E-state index contributed by atoms with van der Waals surface area (Å²) in [6.45, 7) is 1.59. The number of likely N-dealkylation sites (N-methyl/N-ethyl adjacent to an activating group) is 1. The van der Waals surface area contributed by atoms with Crippen molar-refractivity contribution in [3.63, 3.8) is 0 Å². The zero-order valence-corrected chi connectivity index (χ0v) is 11.6. The predicted octanol–water partition coefficient (Wildman–Crippen LogP) is 0.272. The number of amides is 1. The third-order valence-electron chi connectivity index (χ3n) is 3.16. The standard InChI is InChI=1S/C13H17N3O2S/c1-15-13(17)11-8-18-7-6-16(11)10-5-3-2-4-9(10)12(14)19/h2-5,11H,6-8H2,1H3,(H2,14,19)(H,15,17). The number of nitrogens with two attached hydrogens (primary N) is 1. The molecule has 1 atom stereocenters. The minimum Gasteiger partial charge on any atom is -0.389 e. The highest BCUT2D eigenvalue weighted by atomic mass is 32.1. The van der Waals surface area contributed by atoms with Crippen molar-refractivity contribution in [1.82, 2.24) is 5.32 Å². The first-order valence-corrected chi connectivity index (χ1v) is 6.50. The molecule has 0 saturated carbocycles. The largest absolute Gasteiger partial charge is 0.389 e. The van der Waals surface area contributed by atoms with Gasteiger partial charge in [0.25, 0.3) is 0 Å². The van der Waals surface area contributed by atoms with Crippen LogP contribution in [0.25, 0.3) is 0 Å². The van der Waals surface area contributed by atoms with Crippen LogP contribution in [0.4, 0.5) is 5.69 Å². The summed E-state index contributed by atoms with van der Waals surface area (Å²) in [5.41, 5.74) is 7.42. The fourth-order valence-corrected chi connectivity index (χ4v) is 2.38. The number of benzene rings is 1. The first-order valence-electron chi connectivity index (χ1n) is 6.10. The molecule has 3 N–H and O–H groups in total. The number of thiocarbonyl (C=S) groups is 1. The quantitative estimate of drug-likeness (QED) is 0.778. The Morgan fingerprint density at radius 3 is 2.95 bits per heavy atom. The molecule has 1 amide bonds. The molecule has 1 unspecified atom stereocenters. The summed E-state index contributed by atoms with van der Waals surface area (Å²) < 4.78 is 5.39. The lowest BCUT2D eigenvalue weighted by Crippen LogP contribution is -2.53. The van der Waals surface area contributed by atoms with Gasteiger partial charge in [-0.2, -0.15) is 0 Å². The minimum atomic E-state index is -0.353. The molecule has 0 spiro atoms. The lowest BCUT2D eigenvalue weighted by atomic mass is 10.1. The predicted molar refractivity (Wildman–Crippen MR) is 78.3 cm³/mol. The second-order valence-corrected chi connectivity index (χ2v) is 4.72. The van der Waals surface area contributed by atoms with E-state index >= 15 is 0 Å². The van der Waals surface area contributed by atoms with Crippen LogP contribution in [0.2, 0.25) is 0 Å². The van der Waals surface area contributed by atoms with Crippen LogP contribution < -0.4 is 16.0 Å². The average molecular weight is 279 g/mol. The number of hydrogen-bond donors (Lipinski definition) is 2. The third kappa shape index (κ3) is 2.85. The van der Waals surface area contributed by atoms with Gasteiger partial charge in [0.05, 0.1) is 13.2 Å². The monoisotopic (exact) mass is 279 g/mol. The molecule has 19 heavy (non-hydrogen) atoms. The van der Waals surface area contributed by atoms with Crippen LogP contribution >= 0.6 is 12.2 Å². The van der Waals surface area contributed by atoms with Gasteiger partial charge in [-0.05, 0) is 12.1 Å². The number of nitrogens with one attached hydrogen (secondary N) is 1. The second-order valence-electron chi connectivity index (χ2n) is 4.28. The van der Waals surface area contributed by atoms with Crippen molar-refractivity contribution in [2.45, 2.75) is 6.04 Å². The van der Waals surface area contributed by atoms with Gasteiger partial charge in [-0.15, -0.1) is 0 Å². The Morgan fingerprint density at radius 2 is 2.26 bits per heavy atom. The van der Waals surface area contributed by atoms with Crippen molar-refractivity contribution in [2.24, 2.45) is 5.73 Å². The second kappa shape index (κ2) is 5.99. The van der Waals surface area contributed by atoms with Gasteiger partial charge in [0.15, 0.2) is 0 Å². The van der Waals surface area contributed by atoms with Crippen molar-refractivity contribution in [2.75, 3.05) is 31.7 Å². The van der Waals surface area contributed by atoms with E-state index in [1.807, 2.05) is 29.2 Å². The van der Waals surface area contributed by atoms with Gasteiger partial charge in [-0.25, -0.2) is 0 Å². The van der Waals surface area contributed by atoms with Gasteiger partial charge in [0.2, 0.25) is 5.91 Å². The van der Waals surface area contributed by atoms with Gasteiger partial charge < -0.3 is 20.7 Å². The molecule has 102 valence electrons. The van der Waals surface area contributed by atoms with E-state index in [4.69, 9.17) is 22.7 Å². The number of carbonyl (C=O) groups is 1. The third-order valence-corrected chi connectivity index (χ3v) is 3.38. The Kier molecular flexibility index (Phi) is 4.34. The fraction of sp³-hybridized carbons (Fsp3) is 0.385. The molecule has 0 aromatic heterocycles. The van der Waals surface area contributed by atoms with Crippen molar-refractivity contribution < 1.29 is 9.53 Å². The summed E-state index contributed by atoms with van der Waals surface area (Å²) in [6, 6.07) is 7.24. The fourth-order valence-electron chi connectivity index (χ4n) is 2.21. The van der Waals surface area contributed by atoms with Gasteiger partial charge in [0.1, 0.15) is 11.0 Å². The van der Waals surface area contributed by atoms with Crippen molar-refractivity contribution >= 4 is 28.8 Å². The van der Waals surface area contributed by atoms with E-state index in [0.29, 0.717) is 24.7 Å². The van der Waals surface area contributed by atoms with Crippen LogP contribution in [-0.4, -0.2) is 43.7 Å². The van der Waals surface area contributed by atoms with Crippen LogP contribution in [0.1, 0.15) is 5.56 Å². The Bertz CT molecular complexity index is 493. The summed E-state index contributed by atoms with van der Waals surface area (Å²) in [5, 5.41) is 2.66. The molecule has 0 radical (unpaired) electrons. The summed E-state index contributed by atoms with van der Waals surface area (Å²) >= 11 is 5.07. The van der Waals surface area contributed by atoms with E-state index < -0.39 is 0 Å². The molecule has 5 nitrogen and oxygen atoms in total. The molecule has 0 bridgehead atoms. The van der Waals surface area contributed by atoms with E-state index in [1.54, 1.807) is 7.05 Å². The van der Waals surface area contributed by atoms with Crippen LogP contribution in [0.5, 0.6) is 0 Å². The SMILES string of the molecule is CNC(=O)C1COCCN1c1ccccc1C(N)=S. The number of ether oxygens (including phenoxy) is 1. The molecule has 2 rings (SSSR count). The normalized spacial score (nSPS) is 19.0. The smallest absolute Gasteiger partial charge is 0.244 e. The molecular formula is C13H17N3O2S. The van der Waals surface area contributed by atoms with Gasteiger partial charge >= 0.3 is 0 Å². The molecular weight excluding hydrogens is 262 g/mol. The highest BCUT2D eigenvalue weighted by Gasteiger charge is 2.30. The van der Waals surface area contributed by atoms with E-state index in [-0.39, 0.29) is 11.9 Å². The number of rotatable bonds is 3. The first kappa shape index (κ1) is 13.8. The van der Waals surface area contributed by atoms with Crippen LogP contribution in [0.3, 0.4) is 0 Å². The number of para-hydroxylation sites is 1. The summed E-state index contributed by atoms with van der Waals surface area (Å²) in [6.07, 6.45) is 0. The first-order chi connectivity index (χ1) is 9.15. The molecule has 0 aliphatic carbocycles. The zero-order chi connectivity index (χ0) is 13.8. The Morgan fingerprint density at radius 1 is 1.53 bits per heavy atom. The maximum Gasteiger partial charge on any atom is 0.244 e. The molecule has 1 saturated heterocycles. The number of morpholine rings is 1. The average Bonchev–Trinajstić information content (AvgIpc) is 2.46. The molecule has 6 heteroatoms. The summed E-state index contributed by atoms with van der Waals surface area (Å²) in [7, 11) is 1.62. The number of carbonyl (C=O) groups excluding carboxylic acids is 1. The van der Waals surface area contributed by atoms with Gasteiger partial charge in [-0.1, -0.05) is 24.4 Å². The highest BCUT2D eigenvalue weighted by molar-refractivity contribution is 7.80. The Balaban J connectivity index is 2.37. The molecule has 1 aliphatic heterocycles. The molecule has 1 aliphatic rings. The molecule has 1 fully saturated rings. The topological polar surface area (TPSA) is 67.6 Å². The van der Waals surface area contributed by atoms with Crippen molar-refractivity contribution in [3.8, 4) is 0 Å². The number of hydrogen-bond acceptors (Lipinski definition) is 4.